The van der Waals surface area contributed by atoms with Gasteiger partial charge in [0.15, 0.2) is 0 Å². The SMILES string of the molecule is c1ccc(N(c2ccc(-c3cccc4c3oc3ccccc34)cc2)c2cc3ccccc3c3ccc4ccccc4c23)cc1. The van der Waals surface area contributed by atoms with Crippen LogP contribution < -0.4 is 4.90 Å². The van der Waals surface area contributed by atoms with Crippen LogP contribution in [0, 0.1) is 0 Å². The Hall–Kier alpha value is -5.86. The molecule has 0 unspecified atom stereocenters. The lowest BCUT2D eigenvalue weighted by molar-refractivity contribution is 0.670. The Kier molecular flexibility index (Phi) is 5.54. The summed E-state index contributed by atoms with van der Waals surface area (Å²) in [5.74, 6) is 0. The maximum absolute atomic E-state index is 6.37. The van der Waals surface area contributed by atoms with E-state index in [9.17, 15) is 0 Å². The molecule has 0 radical (unpaired) electrons. The summed E-state index contributed by atoms with van der Waals surface area (Å²) in [5.41, 5.74) is 7.43. The number of furan rings is 1. The van der Waals surface area contributed by atoms with Gasteiger partial charge in [0.25, 0.3) is 0 Å². The lowest BCUT2D eigenvalue weighted by Gasteiger charge is -2.28. The molecule has 2 nitrogen and oxygen atoms in total. The molecule has 2 heteroatoms. The topological polar surface area (TPSA) is 16.4 Å². The largest absolute Gasteiger partial charge is 0.455 e. The highest BCUT2D eigenvalue weighted by molar-refractivity contribution is 6.23. The molecule has 0 aliphatic carbocycles. The van der Waals surface area contributed by atoms with Gasteiger partial charge < -0.3 is 9.32 Å². The van der Waals surface area contributed by atoms with E-state index in [2.05, 4.69) is 157 Å². The van der Waals surface area contributed by atoms with Gasteiger partial charge in [0.1, 0.15) is 11.2 Å². The van der Waals surface area contributed by atoms with E-state index in [1.165, 1.54) is 32.3 Å². The van der Waals surface area contributed by atoms with Gasteiger partial charge in [-0.15, -0.1) is 0 Å². The fraction of sp³-hybridized carbons (Fsp3) is 0. The van der Waals surface area contributed by atoms with Crippen LogP contribution in [-0.2, 0) is 0 Å². The molecule has 0 bridgehead atoms. The Labute approximate surface area is 255 Å². The van der Waals surface area contributed by atoms with Crippen LogP contribution >= 0.6 is 0 Å². The number of para-hydroxylation sites is 3. The molecule has 1 heterocycles. The quantitative estimate of drug-likeness (QED) is 0.199. The van der Waals surface area contributed by atoms with Crippen molar-refractivity contribution in [2.75, 3.05) is 4.90 Å². The van der Waals surface area contributed by atoms with Gasteiger partial charge in [-0.3, -0.25) is 0 Å². The Bertz CT molecular complexity index is 2490. The van der Waals surface area contributed by atoms with Crippen molar-refractivity contribution in [2.24, 2.45) is 0 Å². The van der Waals surface area contributed by atoms with Crippen LogP contribution in [0.15, 0.2) is 168 Å². The molecule has 8 aromatic carbocycles. The van der Waals surface area contributed by atoms with Gasteiger partial charge in [0.05, 0.1) is 5.69 Å². The average Bonchev–Trinajstić information content (AvgIpc) is 3.48. The van der Waals surface area contributed by atoms with Crippen molar-refractivity contribution in [1.29, 1.82) is 0 Å². The molecule has 0 amide bonds. The first-order valence-corrected chi connectivity index (χ1v) is 15.0. The number of rotatable bonds is 4. The van der Waals surface area contributed by atoms with Crippen LogP contribution in [-0.4, -0.2) is 0 Å². The van der Waals surface area contributed by atoms with Crippen LogP contribution in [0.4, 0.5) is 17.1 Å². The summed E-state index contributed by atoms with van der Waals surface area (Å²) in [7, 11) is 0. The number of anilines is 3. The van der Waals surface area contributed by atoms with Crippen molar-refractivity contribution < 1.29 is 4.42 Å². The van der Waals surface area contributed by atoms with E-state index in [1.54, 1.807) is 0 Å². The second kappa shape index (κ2) is 9.86. The standard InChI is InChI=1S/C42H27NO/c1-2-13-31(14-3-1)43(39-27-30-12-5-6-15-33(30)37-26-23-28-11-4-7-16-34(28)41(37)39)32-24-21-29(22-25-32)35-18-10-19-38-36-17-8-9-20-40(36)44-42(35)38/h1-27H. The van der Waals surface area contributed by atoms with Gasteiger partial charge in [0.2, 0.25) is 0 Å². The maximum atomic E-state index is 6.37. The molecule has 9 rings (SSSR count). The summed E-state index contributed by atoms with van der Waals surface area (Å²) < 4.78 is 6.37. The fourth-order valence-electron chi connectivity index (χ4n) is 6.80. The number of hydrogen-bond donors (Lipinski definition) is 0. The first kappa shape index (κ1) is 24.7. The van der Waals surface area contributed by atoms with Crippen LogP contribution in [0.25, 0.3) is 65.4 Å². The van der Waals surface area contributed by atoms with Crippen LogP contribution in [0.2, 0.25) is 0 Å². The van der Waals surface area contributed by atoms with Gasteiger partial charge in [-0.1, -0.05) is 127 Å². The molecular formula is C42H27NO. The summed E-state index contributed by atoms with van der Waals surface area (Å²) in [6.45, 7) is 0. The van der Waals surface area contributed by atoms with E-state index in [4.69, 9.17) is 4.42 Å². The molecule has 0 aliphatic rings. The van der Waals surface area contributed by atoms with E-state index >= 15 is 0 Å². The minimum atomic E-state index is 0.914. The maximum Gasteiger partial charge on any atom is 0.143 e. The number of benzene rings is 8. The lowest BCUT2D eigenvalue weighted by atomic mass is 9.94. The Morgan fingerprint density at radius 2 is 1.07 bits per heavy atom. The Morgan fingerprint density at radius 1 is 0.409 bits per heavy atom. The van der Waals surface area contributed by atoms with Gasteiger partial charge in [0, 0.05) is 33.1 Å². The number of hydrogen-bond acceptors (Lipinski definition) is 2. The molecule has 206 valence electrons. The van der Waals surface area contributed by atoms with Gasteiger partial charge >= 0.3 is 0 Å². The molecule has 0 fully saturated rings. The van der Waals surface area contributed by atoms with E-state index in [1.807, 2.05) is 12.1 Å². The van der Waals surface area contributed by atoms with Crippen molar-refractivity contribution in [2.45, 2.75) is 0 Å². The van der Waals surface area contributed by atoms with Crippen molar-refractivity contribution in [1.82, 2.24) is 0 Å². The molecule has 0 atom stereocenters. The second-order valence-corrected chi connectivity index (χ2v) is 11.3. The van der Waals surface area contributed by atoms with Crippen molar-refractivity contribution in [3.63, 3.8) is 0 Å². The monoisotopic (exact) mass is 561 g/mol. The van der Waals surface area contributed by atoms with Crippen molar-refractivity contribution in [3.8, 4) is 11.1 Å². The lowest BCUT2D eigenvalue weighted by Crippen LogP contribution is -2.10. The van der Waals surface area contributed by atoms with Gasteiger partial charge in [-0.05, 0) is 68.9 Å². The molecule has 0 spiro atoms. The first-order valence-electron chi connectivity index (χ1n) is 15.0. The van der Waals surface area contributed by atoms with E-state index in [0.717, 1.165) is 50.1 Å². The highest BCUT2D eigenvalue weighted by Crippen LogP contribution is 2.45. The molecule has 0 saturated carbocycles. The summed E-state index contributed by atoms with van der Waals surface area (Å²) in [4.78, 5) is 2.40. The minimum Gasteiger partial charge on any atom is -0.455 e. The van der Waals surface area contributed by atoms with E-state index in [0.29, 0.717) is 0 Å². The van der Waals surface area contributed by atoms with Crippen LogP contribution in [0.5, 0.6) is 0 Å². The smallest absolute Gasteiger partial charge is 0.143 e. The molecule has 1 aromatic heterocycles. The average molecular weight is 562 g/mol. The van der Waals surface area contributed by atoms with E-state index < -0.39 is 0 Å². The van der Waals surface area contributed by atoms with Crippen LogP contribution in [0.3, 0.4) is 0 Å². The molecular weight excluding hydrogens is 534 g/mol. The molecule has 0 N–H and O–H groups in total. The zero-order valence-electron chi connectivity index (χ0n) is 23.9. The fourth-order valence-corrected chi connectivity index (χ4v) is 6.80. The predicted molar refractivity (Wildman–Crippen MR) is 186 cm³/mol. The predicted octanol–water partition coefficient (Wildman–Crippen LogP) is 12.2. The summed E-state index contributed by atoms with van der Waals surface area (Å²) in [5, 5.41) is 9.76. The highest BCUT2D eigenvalue weighted by Gasteiger charge is 2.19. The highest BCUT2D eigenvalue weighted by atomic mass is 16.3. The zero-order chi connectivity index (χ0) is 29.0. The third-order valence-electron chi connectivity index (χ3n) is 8.82. The Balaban J connectivity index is 1.28. The van der Waals surface area contributed by atoms with E-state index in [-0.39, 0.29) is 0 Å². The van der Waals surface area contributed by atoms with Crippen molar-refractivity contribution >= 4 is 71.3 Å². The first-order chi connectivity index (χ1) is 21.8. The normalized spacial score (nSPS) is 11.6. The Morgan fingerprint density at radius 3 is 1.91 bits per heavy atom. The van der Waals surface area contributed by atoms with Crippen molar-refractivity contribution in [3.05, 3.63) is 164 Å². The third kappa shape index (κ3) is 3.82. The van der Waals surface area contributed by atoms with Gasteiger partial charge in [-0.25, -0.2) is 0 Å². The summed E-state index contributed by atoms with van der Waals surface area (Å²) in [6, 6.07) is 58.5. The molecule has 0 aliphatic heterocycles. The van der Waals surface area contributed by atoms with Gasteiger partial charge in [-0.2, -0.15) is 0 Å². The summed E-state index contributed by atoms with van der Waals surface area (Å²) in [6.07, 6.45) is 0. The number of nitrogens with zero attached hydrogens (tertiary/aromatic N) is 1. The summed E-state index contributed by atoms with van der Waals surface area (Å²) >= 11 is 0. The molecule has 44 heavy (non-hydrogen) atoms. The molecule has 9 aromatic rings. The third-order valence-corrected chi connectivity index (χ3v) is 8.82. The van der Waals surface area contributed by atoms with Crippen LogP contribution in [0.1, 0.15) is 0 Å². The number of fused-ring (bicyclic) bond motifs is 8. The minimum absolute atomic E-state index is 0.914. The zero-order valence-corrected chi connectivity index (χ0v) is 23.9. The molecule has 0 saturated heterocycles. The second-order valence-electron chi connectivity index (χ2n) is 11.3.